The molecule has 0 heterocycles. The van der Waals surface area contributed by atoms with Gasteiger partial charge in [0.2, 0.25) is 0 Å². The van der Waals surface area contributed by atoms with Gasteiger partial charge in [-0.25, -0.2) is 4.39 Å². The van der Waals surface area contributed by atoms with Gasteiger partial charge in [-0.15, -0.1) is 0 Å². The predicted octanol–water partition coefficient (Wildman–Crippen LogP) is 1.89. The highest BCUT2D eigenvalue weighted by Crippen LogP contribution is 2.01. The van der Waals surface area contributed by atoms with Crippen molar-refractivity contribution >= 4 is 0 Å². The maximum Gasteiger partial charge on any atom is 0.145 e. The van der Waals surface area contributed by atoms with E-state index in [0.717, 1.165) is 6.08 Å². The number of nitrogens with two attached hydrogens (primary N) is 1. The largest absolute Gasteiger partial charge is 0.396 e. The van der Waals surface area contributed by atoms with E-state index in [4.69, 9.17) is 5.73 Å². The molecule has 0 bridgehead atoms. The quantitative estimate of drug-likeness (QED) is 0.563. The van der Waals surface area contributed by atoms with Gasteiger partial charge in [-0.2, -0.15) is 0 Å². The normalized spacial score (nSPS) is 13.6. The second-order valence-electron chi connectivity index (χ2n) is 1.51. The van der Waals surface area contributed by atoms with E-state index in [1.165, 1.54) is 6.08 Å². The van der Waals surface area contributed by atoms with Crippen LogP contribution in [0.5, 0.6) is 0 Å². The van der Waals surface area contributed by atoms with Crippen molar-refractivity contribution < 1.29 is 4.39 Å². The van der Waals surface area contributed by atoms with Gasteiger partial charge in [0.05, 0.1) is 5.70 Å². The standard InChI is InChI=1S/C7H10FN/c1-3-5-7(9)6(8)4-2/h3-5H,2,9H2,1H3/b5-3-,7-6-. The molecule has 9 heavy (non-hydrogen) atoms. The summed E-state index contributed by atoms with van der Waals surface area (Å²) in [7, 11) is 0. The van der Waals surface area contributed by atoms with Crippen molar-refractivity contribution in [3.8, 4) is 0 Å². The zero-order valence-electron chi connectivity index (χ0n) is 5.39. The van der Waals surface area contributed by atoms with Crippen LogP contribution in [0.1, 0.15) is 6.92 Å². The van der Waals surface area contributed by atoms with Crippen molar-refractivity contribution in [2.75, 3.05) is 0 Å². The molecular formula is C7H10FN. The number of rotatable bonds is 2. The second-order valence-corrected chi connectivity index (χ2v) is 1.51. The molecule has 1 nitrogen and oxygen atoms in total. The van der Waals surface area contributed by atoms with E-state index in [1.807, 2.05) is 0 Å². The number of halogens is 1. The molecule has 0 saturated heterocycles. The third-order valence-corrected chi connectivity index (χ3v) is 0.801. The van der Waals surface area contributed by atoms with Crippen molar-refractivity contribution in [1.82, 2.24) is 0 Å². The Bertz CT molecular complexity index is 156. The molecule has 0 aliphatic heterocycles. The first kappa shape index (κ1) is 7.95. The van der Waals surface area contributed by atoms with Gasteiger partial charge >= 0.3 is 0 Å². The molecule has 0 aliphatic carbocycles. The minimum absolute atomic E-state index is 0.118. The molecule has 0 aromatic heterocycles. The summed E-state index contributed by atoms with van der Waals surface area (Å²) in [5.74, 6) is -0.479. The summed E-state index contributed by atoms with van der Waals surface area (Å²) >= 11 is 0. The highest BCUT2D eigenvalue weighted by molar-refractivity contribution is 5.24. The summed E-state index contributed by atoms with van der Waals surface area (Å²) in [6.45, 7) is 4.98. The summed E-state index contributed by atoms with van der Waals surface area (Å²) < 4.78 is 12.3. The number of hydrogen-bond acceptors (Lipinski definition) is 1. The minimum Gasteiger partial charge on any atom is -0.396 e. The zero-order valence-corrected chi connectivity index (χ0v) is 5.39. The van der Waals surface area contributed by atoms with Gasteiger partial charge in [-0.1, -0.05) is 12.7 Å². The molecular weight excluding hydrogens is 117 g/mol. The summed E-state index contributed by atoms with van der Waals surface area (Å²) in [5, 5.41) is 0. The van der Waals surface area contributed by atoms with E-state index < -0.39 is 5.83 Å². The van der Waals surface area contributed by atoms with Gasteiger partial charge in [0.25, 0.3) is 0 Å². The average molecular weight is 127 g/mol. The van der Waals surface area contributed by atoms with Gasteiger partial charge in [-0.3, -0.25) is 0 Å². The highest BCUT2D eigenvalue weighted by atomic mass is 19.1. The molecule has 0 aromatic carbocycles. The molecule has 0 amide bonds. The number of hydrogen-bond donors (Lipinski definition) is 1. The second kappa shape index (κ2) is 3.89. The fourth-order valence-electron chi connectivity index (χ4n) is 0.377. The molecule has 0 spiro atoms. The fourth-order valence-corrected chi connectivity index (χ4v) is 0.377. The Kier molecular flexibility index (Phi) is 3.44. The third kappa shape index (κ3) is 2.69. The Balaban J connectivity index is 4.27. The smallest absolute Gasteiger partial charge is 0.145 e. The van der Waals surface area contributed by atoms with Crippen molar-refractivity contribution in [2.45, 2.75) is 6.92 Å². The van der Waals surface area contributed by atoms with Crippen molar-refractivity contribution in [1.29, 1.82) is 0 Å². The first-order chi connectivity index (χ1) is 4.22. The molecule has 2 N–H and O–H groups in total. The monoisotopic (exact) mass is 127 g/mol. The van der Waals surface area contributed by atoms with E-state index >= 15 is 0 Å². The Morgan fingerprint density at radius 3 is 2.56 bits per heavy atom. The van der Waals surface area contributed by atoms with Crippen LogP contribution < -0.4 is 5.73 Å². The summed E-state index contributed by atoms with van der Waals surface area (Å²) in [6.07, 6.45) is 4.23. The Labute approximate surface area is 54.4 Å². The van der Waals surface area contributed by atoms with Gasteiger partial charge < -0.3 is 5.73 Å². The summed E-state index contributed by atoms with van der Waals surface area (Å²) in [4.78, 5) is 0. The van der Waals surface area contributed by atoms with E-state index in [0.29, 0.717) is 0 Å². The third-order valence-electron chi connectivity index (χ3n) is 0.801. The van der Waals surface area contributed by atoms with Crippen LogP contribution >= 0.6 is 0 Å². The SMILES string of the molecule is C=C/C(F)=C(N)\C=C/C. The van der Waals surface area contributed by atoms with Crippen LogP contribution in [0.25, 0.3) is 0 Å². The molecule has 50 valence electrons. The van der Waals surface area contributed by atoms with Crippen LogP contribution in [0.3, 0.4) is 0 Å². The zero-order chi connectivity index (χ0) is 7.28. The topological polar surface area (TPSA) is 26.0 Å². The van der Waals surface area contributed by atoms with Crippen LogP contribution in [0.15, 0.2) is 36.3 Å². The van der Waals surface area contributed by atoms with Crippen LogP contribution in [0.4, 0.5) is 4.39 Å². The highest BCUT2D eigenvalue weighted by Gasteiger charge is 1.89. The predicted molar refractivity (Wildman–Crippen MR) is 37.3 cm³/mol. The van der Waals surface area contributed by atoms with Crippen LogP contribution in [-0.2, 0) is 0 Å². The molecule has 0 saturated carbocycles. The van der Waals surface area contributed by atoms with Gasteiger partial charge in [0, 0.05) is 0 Å². The minimum atomic E-state index is -0.479. The van der Waals surface area contributed by atoms with Crippen molar-refractivity contribution in [2.24, 2.45) is 5.73 Å². The lowest BCUT2D eigenvalue weighted by Gasteiger charge is -1.89. The molecule has 0 aromatic rings. The molecule has 0 fully saturated rings. The van der Waals surface area contributed by atoms with Gasteiger partial charge in [-0.05, 0) is 19.1 Å². The average Bonchev–Trinajstić information content (AvgIpc) is 1.87. The molecule has 0 atom stereocenters. The van der Waals surface area contributed by atoms with E-state index in [-0.39, 0.29) is 5.70 Å². The molecule has 2 heteroatoms. The maximum atomic E-state index is 12.3. The van der Waals surface area contributed by atoms with Crippen molar-refractivity contribution in [3.05, 3.63) is 36.3 Å². The lowest BCUT2D eigenvalue weighted by atomic mass is 10.3. The van der Waals surface area contributed by atoms with Crippen LogP contribution in [-0.4, -0.2) is 0 Å². The van der Waals surface area contributed by atoms with Gasteiger partial charge in [0.1, 0.15) is 5.83 Å². The molecule has 0 radical (unpaired) electrons. The molecule has 0 aliphatic rings. The summed E-state index contributed by atoms with van der Waals surface area (Å²) in [6, 6.07) is 0. The fraction of sp³-hybridized carbons (Fsp3) is 0.143. The summed E-state index contributed by atoms with van der Waals surface area (Å²) in [5.41, 5.74) is 5.30. The lowest BCUT2D eigenvalue weighted by molar-refractivity contribution is 0.657. The van der Waals surface area contributed by atoms with E-state index in [9.17, 15) is 4.39 Å². The molecule has 0 unspecified atom stereocenters. The van der Waals surface area contributed by atoms with Crippen LogP contribution in [0.2, 0.25) is 0 Å². The van der Waals surface area contributed by atoms with E-state index in [2.05, 4.69) is 6.58 Å². The van der Waals surface area contributed by atoms with Crippen LogP contribution in [0, 0.1) is 0 Å². The first-order valence-electron chi connectivity index (χ1n) is 2.62. The maximum absolute atomic E-state index is 12.3. The lowest BCUT2D eigenvalue weighted by Crippen LogP contribution is -1.94. The Morgan fingerprint density at radius 2 is 2.22 bits per heavy atom. The number of allylic oxidation sites excluding steroid dienone is 4. The Hall–Kier alpha value is -1.05. The van der Waals surface area contributed by atoms with Gasteiger partial charge in [0.15, 0.2) is 0 Å². The first-order valence-corrected chi connectivity index (χ1v) is 2.62. The Morgan fingerprint density at radius 1 is 1.67 bits per heavy atom. The van der Waals surface area contributed by atoms with E-state index in [1.54, 1.807) is 13.0 Å². The molecule has 0 rings (SSSR count). The van der Waals surface area contributed by atoms with Crippen molar-refractivity contribution in [3.63, 3.8) is 0 Å².